The van der Waals surface area contributed by atoms with Gasteiger partial charge >= 0.3 is 0 Å². The summed E-state index contributed by atoms with van der Waals surface area (Å²) in [6.07, 6.45) is 5.38. The number of amidine groups is 1. The van der Waals surface area contributed by atoms with E-state index in [9.17, 15) is 0 Å². The Balaban J connectivity index is 1.58. The molecule has 1 aliphatic carbocycles. The second-order valence-corrected chi connectivity index (χ2v) is 6.40. The van der Waals surface area contributed by atoms with E-state index in [2.05, 4.69) is 17.3 Å². The van der Waals surface area contributed by atoms with E-state index in [1.165, 1.54) is 49.7 Å². The molecule has 0 aromatic carbocycles. The van der Waals surface area contributed by atoms with Crippen molar-refractivity contribution in [2.24, 2.45) is 10.9 Å². The number of rotatable bonds is 1. The van der Waals surface area contributed by atoms with Crippen molar-refractivity contribution in [3.05, 3.63) is 0 Å². The zero-order valence-corrected chi connectivity index (χ0v) is 10.8. The van der Waals surface area contributed by atoms with E-state index in [1.807, 2.05) is 11.8 Å². The third-order valence-corrected chi connectivity index (χ3v) is 5.15. The van der Waals surface area contributed by atoms with Crippen LogP contribution in [-0.4, -0.2) is 48.0 Å². The van der Waals surface area contributed by atoms with Gasteiger partial charge in [0, 0.05) is 18.3 Å². The lowest BCUT2D eigenvalue weighted by molar-refractivity contribution is 0.407. The first-order valence-electron chi connectivity index (χ1n) is 6.47. The van der Waals surface area contributed by atoms with E-state index < -0.39 is 0 Å². The Morgan fingerprint density at radius 3 is 3.12 bits per heavy atom. The fourth-order valence-electron chi connectivity index (χ4n) is 3.06. The second kappa shape index (κ2) is 4.57. The molecule has 2 fully saturated rings. The SMILES string of the molecule is CN1CCC(NC2=NC3CCCC3CS2)C1. The van der Waals surface area contributed by atoms with Gasteiger partial charge in [-0.3, -0.25) is 4.99 Å². The molecule has 3 nitrogen and oxygen atoms in total. The smallest absolute Gasteiger partial charge is 0.157 e. The van der Waals surface area contributed by atoms with Gasteiger partial charge < -0.3 is 10.2 Å². The lowest BCUT2D eigenvalue weighted by atomic mass is 10.1. The van der Waals surface area contributed by atoms with Gasteiger partial charge in [-0.15, -0.1) is 0 Å². The molecule has 2 heterocycles. The molecule has 1 saturated carbocycles. The quantitative estimate of drug-likeness (QED) is 0.752. The van der Waals surface area contributed by atoms with Crippen LogP contribution in [0.15, 0.2) is 4.99 Å². The van der Waals surface area contributed by atoms with Crippen LogP contribution in [0.5, 0.6) is 0 Å². The standard InChI is InChI=1S/C12H21N3S/c1-15-6-5-10(7-15)13-12-14-11-4-2-3-9(11)8-16-12/h9-11H,2-8H2,1H3,(H,13,14). The highest BCUT2D eigenvalue weighted by Gasteiger charge is 2.31. The Labute approximate surface area is 102 Å². The maximum absolute atomic E-state index is 4.88. The van der Waals surface area contributed by atoms with E-state index in [0.717, 1.165) is 5.92 Å². The third kappa shape index (κ3) is 2.23. The Morgan fingerprint density at radius 1 is 1.38 bits per heavy atom. The topological polar surface area (TPSA) is 27.6 Å². The Kier molecular flexibility index (Phi) is 3.11. The molecule has 0 radical (unpaired) electrons. The summed E-state index contributed by atoms with van der Waals surface area (Å²) in [6.45, 7) is 2.40. The molecule has 0 spiro atoms. The largest absolute Gasteiger partial charge is 0.361 e. The van der Waals surface area contributed by atoms with Gasteiger partial charge in [0.15, 0.2) is 5.17 Å². The fourth-order valence-corrected chi connectivity index (χ4v) is 4.28. The predicted molar refractivity (Wildman–Crippen MR) is 70.1 cm³/mol. The summed E-state index contributed by atoms with van der Waals surface area (Å²) >= 11 is 1.95. The molecule has 1 N–H and O–H groups in total. The first-order chi connectivity index (χ1) is 7.81. The molecule has 0 amide bonds. The van der Waals surface area contributed by atoms with Crippen LogP contribution in [0, 0.1) is 5.92 Å². The highest BCUT2D eigenvalue weighted by Crippen LogP contribution is 2.35. The van der Waals surface area contributed by atoms with Crippen molar-refractivity contribution in [2.75, 3.05) is 25.9 Å². The van der Waals surface area contributed by atoms with E-state index in [1.54, 1.807) is 0 Å². The van der Waals surface area contributed by atoms with Crippen LogP contribution in [0.3, 0.4) is 0 Å². The van der Waals surface area contributed by atoms with E-state index in [0.29, 0.717) is 12.1 Å². The van der Waals surface area contributed by atoms with Crippen LogP contribution >= 0.6 is 11.8 Å². The van der Waals surface area contributed by atoms with Gasteiger partial charge in [-0.1, -0.05) is 18.2 Å². The molecule has 0 aromatic heterocycles. The zero-order chi connectivity index (χ0) is 11.0. The summed E-state index contributed by atoms with van der Waals surface area (Å²) < 4.78 is 0. The molecule has 3 unspecified atom stereocenters. The summed E-state index contributed by atoms with van der Waals surface area (Å²) in [5, 5.41) is 4.86. The molecule has 3 aliphatic rings. The van der Waals surface area contributed by atoms with Crippen molar-refractivity contribution in [3.8, 4) is 0 Å². The summed E-state index contributed by atoms with van der Waals surface area (Å²) in [7, 11) is 2.20. The van der Waals surface area contributed by atoms with Crippen LogP contribution in [-0.2, 0) is 0 Å². The van der Waals surface area contributed by atoms with Gasteiger partial charge in [-0.05, 0) is 38.8 Å². The number of fused-ring (bicyclic) bond motifs is 1. The number of hydrogen-bond donors (Lipinski definition) is 1. The predicted octanol–water partition coefficient (Wildman–Crippen LogP) is 1.55. The van der Waals surface area contributed by atoms with E-state index in [-0.39, 0.29) is 0 Å². The van der Waals surface area contributed by atoms with Gasteiger partial charge in [-0.2, -0.15) is 0 Å². The summed E-state index contributed by atoms with van der Waals surface area (Å²) in [4.78, 5) is 7.28. The highest BCUT2D eigenvalue weighted by molar-refractivity contribution is 8.13. The number of aliphatic imine (C=N–C) groups is 1. The lowest BCUT2D eigenvalue weighted by Gasteiger charge is -2.25. The third-order valence-electron chi connectivity index (χ3n) is 4.06. The van der Waals surface area contributed by atoms with Gasteiger partial charge in [-0.25, -0.2) is 0 Å². The minimum atomic E-state index is 0.634. The van der Waals surface area contributed by atoms with Gasteiger partial charge in [0.2, 0.25) is 0 Å². The molecule has 90 valence electrons. The van der Waals surface area contributed by atoms with Crippen molar-refractivity contribution < 1.29 is 0 Å². The highest BCUT2D eigenvalue weighted by atomic mass is 32.2. The molecular formula is C12H21N3S. The van der Waals surface area contributed by atoms with Crippen LogP contribution in [0.25, 0.3) is 0 Å². The molecular weight excluding hydrogens is 218 g/mol. The first kappa shape index (κ1) is 10.9. The molecule has 3 atom stereocenters. The summed E-state index contributed by atoms with van der Waals surface area (Å²) in [5.74, 6) is 2.17. The van der Waals surface area contributed by atoms with Crippen molar-refractivity contribution in [1.29, 1.82) is 0 Å². The number of thioether (sulfide) groups is 1. The molecule has 2 aliphatic heterocycles. The summed E-state index contributed by atoms with van der Waals surface area (Å²) in [5.41, 5.74) is 0. The fraction of sp³-hybridized carbons (Fsp3) is 0.917. The molecule has 4 heteroatoms. The van der Waals surface area contributed by atoms with Crippen LogP contribution in [0.1, 0.15) is 25.7 Å². The van der Waals surface area contributed by atoms with Gasteiger partial charge in [0.1, 0.15) is 0 Å². The van der Waals surface area contributed by atoms with Crippen LogP contribution in [0.4, 0.5) is 0 Å². The zero-order valence-electron chi connectivity index (χ0n) is 9.98. The van der Waals surface area contributed by atoms with Crippen LogP contribution in [0.2, 0.25) is 0 Å². The number of nitrogens with zero attached hydrogens (tertiary/aromatic N) is 2. The Morgan fingerprint density at radius 2 is 2.31 bits per heavy atom. The van der Waals surface area contributed by atoms with E-state index in [4.69, 9.17) is 4.99 Å². The number of likely N-dealkylation sites (tertiary alicyclic amines) is 1. The normalized spacial score (nSPS) is 39.6. The molecule has 16 heavy (non-hydrogen) atoms. The molecule has 3 rings (SSSR count). The minimum Gasteiger partial charge on any atom is -0.361 e. The van der Waals surface area contributed by atoms with Crippen molar-refractivity contribution in [3.63, 3.8) is 0 Å². The molecule has 0 aromatic rings. The first-order valence-corrected chi connectivity index (χ1v) is 7.45. The average Bonchev–Trinajstić information content (AvgIpc) is 2.87. The number of likely N-dealkylation sites (N-methyl/N-ethyl adjacent to an activating group) is 1. The number of nitrogens with one attached hydrogen (secondary N) is 1. The van der Waals surface area contributed by atoms with Crippen molar-refractivity contribution in [1.82, 2.24) is 10.2 Å². The minimum absolute atomic E-state index is 0.634. The Bertz CT molecular complexity index is 292. The van der Waals surface area contributed by atoms with Crippen molar-refractivity contribution >= 4 is 16.9 Å². The van der Waals surface area contributed by atoms with Crippen LogP contribution < -0.4 is 5.32 Å². The van der Waals surface area contributed by atoms with Gasteiger partial charge in [0.05, 0.1) is 6.04 Å². The molecule has 0 bridgehead atoms. The average molecular weight is 239 g/mol. The second-order valence-electron chi connectivity index (χ2n) is 5.40. The van der Waals surface area contributed by atoms with Crippen molar-refractivity contribution in [2.45, 2.75) is 37.8 Å². The Hall–Kier alpha value is -0.220. The maximum atomic E-state index is 4.88. The number of hydrogen-bond acceptors (Lipinski definition) is 4. The van der Waals surface area contributed by atoms with Gasteiger partial charge in [0.25, 0.3) is 0 Å². The monoisotopic (exact) mass is 239 g/mol. The lowest BCUT2D eigenvalue weighted by Crippen LogP contribution is -2.38. The maximum Gasteiger partial charge on any atom is 0.157 e. The molecule has 1 saturated heterocycles. The summed E-state index contributed by atoms with van der Waals surface area (Å²) in [6, 6.07) is 1.28. The van der Waals surface area contributed by atoms with E-state index >= 15 is 0 Å².